The van der Waals surface area contributed by atoms with E-state index in [0.717, 1.165) is 3.57 Å². The third-order valence-corrected chi connectivity index (χ3v) is 5.52. The summed E-state index contributed by atoms with van der Waals surface area (Å²) in [6, 6.07) is 1.67. The van der Waals surface area contributed by atoms with Gasteiger partial charge >= 0.3 is 5.97 Å². The predicted molar refractivity (Wildman–Crippen MR) is 76.0 cm³/mol. The number of nitrogens with two attached hydrogens (primary N) is 1. The van der Waals surface area contributed by atoms with E-state index in [9.17, 15) is 4.79 Å². The molecule has 1 rings (SSSR count). The van der Waals surface area contributed by atoms with Gasteiger partial charge in [-0.2, -0.15) is 0 Å². The molecule has 13 heavy (non-hydrogen) atoms. The molecule has 1 aromatic carbocycles. The smallest absolute Gasteiger partial charge is 0.337 e. The lowest BCUT2D eigenvalue weighted by atomic mass is 10.2. The normalized spacial score (nSPS) is 10.1. The van der Waals surface area contributed by atoms with Gasteiger partial charge in [-0.05, 0) is 73.8 Å². The minimum absolute atomic E-state index is 0.333. The Labute approximate surface area is 116 Å². The molecule has 0 saturated carbocycles. The summed E-state index contributed by atoms with van der Waals surface area (Å²) in [6.45, 7) is 0. The molecule has 0 aliphatic rings. The van der Waals surface area contributed by atoms with Gasteiger partial charge in [0.2, 0.25) is 0 Å². The highest BCUT2D eigenvalue weighted by Crippen LogP contribution is 2.29. The maximum Gasteiger partial charge on any atom is 0.337 e. The van der Waals surface area contributed by atoms with Crippen LogP contribution in [0, 0.1) is 10.7 Å². The largest absolute Gasteiger partial charge is 0.478 e. The molecule has 0 radical (unpaired) electrons. The fraction of sp³-hybridized carbons (Fsp3) is 0. The lowest BCUT2D eigenvalue weighted by Crippen LogP contribution is -2.06. The first kappa shape index (κ1) is 11.8. The summed E-state index contributed by atoms with van der Waals surface area (Å²) in [5.41, 5.74) is 6.64. The Balaban J connectivity index is 3.53. The number of aromatic carboxylic acids is 1. The molecule has 0 unspecified atom stereocenters. The molecule has 6 heteroatoms. The van der Waals surface area contributed by atoms with Gasteiger partial charge in [-0.25, -0.2) is 4.79 Å². The monoisotopic (exact) mass is 515 g/mol. The molecule has 0 amide bonds. The van der Waals surface area contributed by atoms with Crippen LogP contribution >= 0.6 is 67.8 Å². The van der Waals surface area contributed by atoms with Gasteiger partial charge in [0, 0.05) is 12.8 Å². The van der Waals surface area contributed by atoms with Gasteiger partial charge in [-0.3, -0.25) is 0 Å². The van der Waals surface area contributed by atoms with Crippen molar-refractivity contribution in [3.8, 4) is 0 Å². The van der Waals surface area contributed by atoms with E-state index in [2.05, 4.69) is 0 Å². The fourth-order valence-electron chi connectivity index (χ4n) is 0.809. The number of carboxylic acids is 1. The summed E-state index contributed by atoms with van der Waals surface area (Å²) in [5, 5.41) is 8.91. The highest BCUT2D eigenvalue weighted by atomic mass is 127. The zero-order chi connectivity index (χ0) is 10.2. The molecule has 0 saturated heterocycles. The molecule has 0 spiro atoms. The Morgan fingerprint density at radius 2 is 1.85 bits per heavy atom. The molecular weight excluding hydrogens is 511 g/mol. The number of hydrogen-bond acceptors (Lipinski definition) is 2. The topological polar surface area (TPSA) is 63.3 Å². The fourth-order valence-corrected chi connectivity index (χ4v) is 3.42. The van der Waals surface area contributed by atoms with Crippen molar-refractivity contribution in [2.24, 2.45) is 0 Å². The highest BCUT2D eigenvalue weighted by molar-refractivity contribution is 14.1. The van der Waals surface area contributed by atoms with E-state index in [4.69, 9.17) is 10.8 Å². The maximum atomic E-state index is 10.9. The molecule has 3 N–H and O–H groups in total. The number of benzene rings is 1. The molecule has 70 valence electrons. The second-order valence-electron chi connectivity index (χ2n) is 2.26. The highest BCUT2D eigenvalue weighted by Gasteiger charge is 2.17. The van der Waals surface area contributed by atoms with Crippen LogP contribution in [0.15, 0.2) is 6.07 Å². The molecule has 0 fully saturated rings. The Kier molecular flexibility index (Phi) is 4.04. The van der Waals surface area contributed by atoms with E-state index in [1.807, 2.05) is 67.8 Å². The van der Waals surface area contributed by atoms with Crippen molar-refractivity contribution in [2.75, 3.05) is 5.73 Å². The zero-order valence-corrected chi connectivity index (χ0v) is 12.6. The van der Waals surface area contributed by atoms with Crippen molar-refractivity contribution in [2.45, 2.75) is 0 Å². The zero-order valence-electron chi connectivity index (χ0n) is 6.14. The summed E-state index contributed by atoms with van der Waals surface area (Å²) < 4.78 is 2.18. The first-order valence-electron chi connectivity index (χ1n) is 3.11. The number of hydrogen-bond donors (Lipinski definition) is 2. The average Bonchev–Trinajstić information content (AvgIpc) is 1.99. The van der Waals surface area contributed by atoms with Gasteiger partial charge in [0.15, 0.2) is 0 Å². The van der Waals surface area contributed by atoms with Gasteiger partial charge < -0.3 is 10.8 Å². The summed E-state index contributed by atoms with van der Waals surface area (Å²) in [5.74, 6) is -0.910. The third-order valence-electron chi connectivity index (χ3n) is 1.40. The van der Waals surface area contributed by atoms with Crippen LogP contribution in [0.5, 0.6) is 0 Å². The summed E-state index contributed by atoms with van der Waals surface area (Å²) >= 11 is 6.02. The Morgan fingerprint density at radius 3 is 2.31 bits per heavy atom. The van der Waals surface area contributed by atoms with Crippen molar-refractivity contribution < 1.29 is 9.90 Å². The van der Waals surface area contributed by atoms with Crippen molar-refractivity contribution in [3.63, 3.8) is 0 Å². The SMILES string of the molecule is Nc1cc(I)c(C(=O)O)c(I)c1I. The average molecular weight is 515 g/mol. The van der Waals surface area contributed by atoms with E-state index in [-0.39, 0.29) is 0 Å². The second kappa shape index (κ2) is 4.47. The summed E-state index contributed by atoms with van der Waals surface area (Å²) in [7, 11) is 0. The minimum atomic E-state index is -0.910. The number of nitrogen functional groups attached to an aromatic ring is 1. The van der Waals surface area contributed by atoms with Gasteiger partial charge in [-0.1, -0.05) is 0 Å². The molecule has 0 aliphatic carbocycles. The van der Waals surface area contributed by atoms with Crippen LogP contribution in [0.4, 0.5) is 5.69 Å². The number of carboxylic acid groups (broad SMARTS) is 1. The standard InChI is InChI=1S/C7H4I3NO2/c8-2-1-3(11)5(9)6(10)4(2)7(12)13/h1H,11H2,(H,12,13). The maximum absolute atomic E-state index is 10.9. The molecule has 0 aliphatic heterocycles. The van der Waals surface area contributed by atoms with Crippen molar-refractivity contribution in [1.82, 2.24) is 0 Å². The number of rotatable bonds is 1. The molecule has 0 bridgehead atoms. The van der Waals surface area contributed by atoms with Crippen LogP contribution in [0.25, 0.3) is 0 Å². The summed E-state index contributed by atoms with van der Waals surface area (Å²) in [6.07, 6.45) is 0. The minimum Gasteiger partial charge on any atom is -0.478 e. The van der Waals surface area contributed by atoms with Crippen LogP contribution in [-0.2, 0) is 0 Å². The number of carbonyl (C=O) groups is 1. The molecule has 0 aromatic heterocycles. The van der Waals surface area contributed by atoms with Crippen molar-refractivity contribution in [3.05, 3.63) is 22.3 Å². The Morgan fingerprint density at radius 1 is 1.31 bits per heavy atom. The van der Waals surface area contributed by atoms with Gasteiger partial charge in [-0.15, -0.1) is 0 Å². The first-order valence-corrected chi connectivity index (χ1v) is 6.35. The molecule has 3 nitrogen and oxygen atoms in total. The third kappa shape index (κ3) is 2.37. The van der Waals surface area contributed by atoms with Gasteiger partial charge in [0.05, 0.1) is 9.13 Å². The predicted octanol–water partition coefficient (Wildman–Crippen LogP) is 2.78. The lowest BCUT2D eigenvalue weighted by Gasteiger charge is -2.07. The quantitative estimate of drug-likeness (QED) is 0.344. The van der Waals surface area contributed by atoms with E-state index < -0.39 is 5.97 Å². The van der Waals surface area contributed by atoms with E-state index in [0.29, 0.717) is 18.4 Å². The Hall–Kier alpha value is 0.680. The van der Waals surface area contributed by atoms with Crippen LogP contribution < -0.4 is 5.73 Å². The van der Waals surface area contributed by atoms with E-state index >= 15 is 0 Å². The van der Waals surface area contributed by atoms with Crippen LogP contribution in [0.1, 0.15) is 10.4 Å². The van der Waals surface area contributed by atoms with Crippen LogP contribution in [-0.4, -0.2) is 11.1 Å². The Bertz CT molecular complexity index is 378. The van der Waals surface area contributed by atoms with Crippen LogP contribution in [0.3, 0.4) is 0 Å². The van der Waals surface area contributed by atoms with Crippen molar-refractivity contribution >= 4 is 79.4 Å². The van der Waals surface area contributed by atoms with E-state index in [1.54, 1.807) is 6.07 Å². The second-order valence-corrected chi connectivity index (χ2v) is 5.58. The number of halogens is 3. The molecule has 1 aromatic rings. The molecular formula is C7H4I3NO2. The van der Waals surface area contributed by atoms with Crippen LogP contribution in [0.2, 0.25) is 0 Å². The van der Waals surface area contributed by atoms with Gasteiger partial charge in [0.25, 0.3) is 0 Å². The molecule has 0 atom stereocenters. The van der Waals surface area contributed by atoms with Gasteiger partial charge in [0.1, 0.15) is 0 Å². The first-order chi connectivity index (χ1) is 5.95. The number of anilines is 1. The van der Waals surface area contributed by atoms with E-state index in [1.165, 1.54) is 0 Å². The molecule has 0 heterocycles. The van der Waals surface area contributed by atoms with Crippen molar-refractivity contribution in [1.29, 1.82) is 0 Å². The lowest BCUT2D eigenvalue weighted by molar-refractivity contribution is 0.0694. The summed E-state index contributed by atoms with van der Waals surface area (Å²) in [4.78, 5) is 10.9.